The molecule has 0 saturated carbocycles. The van der Waals surface area contributed by atoms with Gasteiger partial charge in [-0.1, -0.05) is 34.1 Å². The number of benzene rings is 1. The first kappa shape index (κ1) is 12.0. The van der Waals surface area contributed by atoms with Crippen LogP contribution in [0.3, 0.4) is 0 Å². The van der Waals surface area contributed by atoms with E-state index in [1.165, 1.54) is 0 Å². The fourth-order valence-corrected chi connectivity index (χ4v) is 2.11. The highest BCUT2D eigenvalue weighted by Gasteiger charge is 2.14. The Kier molecular flexibility index (Phi) is 3.43. The zero-order valence-corrected chi connectivity index (χ0v) is 11.4. The third kappa shape index (κ3) is 2.47. The molecule has 0 bridgehead atoms. The number of aryl methyl sites for hydroxylation is 1. The van der Waals surface area contributed by atoms with Gasteiger partial charge in [-0.25, -0.2) is 0 Å². The number of nitrogens with zero attached hydrogens (tertiary/aromatic N) is 2. The number of hydrogen-bond acceptors (Lipinski definition) is 2. The van der Waals surface area contributed by atoms with Crippen molar-refractivity contribution in [3.8, 4) is 0 Å². The van der Waals surface area contributed by atoms with Gasteiger partial charge in [-0.15, -0.1) is 0 Å². The first-order valence-electron chi connectivity index (χ1n) is 5.35. The lowest BCUT2D eigenvalue weighted by atomic mass is 10.0. The number of ketones is 1. The van der Waals surface area contributed by atoms with Crippen LogP contribution in [-0.2, 0) is 13.5 Å². The van der Waals surface area contributed by atoms with Crippen molar-refractivity contribution in [1.29, 1.82) is 0 Å². The first-order valence-corrected chi connectivity index (χ1v) is 6.14. The second-order valence-corrected chi connectivity index (χ2v) is 4.81. The zero-order valence-electron chi connectivity index (χ0n) is 9.77. The highest BCUT2D eigenvalue weighted by atomic mass is 79.9. The summed E-state index contributed by atoms with van der Waals surface area (Å²) in [6.07, 6.45) is 2.03. The van der Waals surface area contributed by atoms with Crippen molar-refractivity contribution in [2.45, 2.75) is 13.3 Å². The Morgan fingerprint density at radius 3 is 2.71 bits per heavy atom. The molecule has 0 aliphatic heterocycles. The van der Waals surface area contributed by atoms with Gasteiger partial charge in [0, 0.05) is 23.6 Å². The van der Waals surface area contributed by atoms with E-state index in [4.69, 9.17) is 0 Å². The molecule has 2 rings (SSSR count). The second-order valence-electron chi connectivity index (χ2n) is 3.96. The largest absolute Gasteiger partial charge is 0.294 e. The second kappa shape index (κ2) is 4.84. The molecule has 0 aliphatic rings. The van der Waals surface area contributed by atoms with E-state index in [0.29, 0.717) is 12.0 Å². The number of Topliss-reactive ketones (excluding diaryl/α,β-unsaturated/α-hetero) is 1. The number of hydrogen-bond donors (Lipinski definition) is 0. The number of aromatic nitrogens is 2. The highest BCUT2D eigenvalue weighted by molar-refractivity contribution is 9.10. The molecule has 17 heavy (non-hydrogen) atoms. The normalized spacial score (nSPS) is 10.5. The van der Waals surface area contributed by atoms with Crippen molar-refractivity contribution in [2.75, 3.05) is 0 Å². The lowest BCUT2D eigenvalue weighted by Crippen LogP contribution is -2.05. The molecule has 0 spiro atoms. The van der Waals surface area contributed by atoms with Crippen LogP contribution in [0.5, 0.6) is 0 Å². The van der Waals surface area contributed by atoms with Crippen molar-refractivity contribution < 1.29 is 4.79 Å². The number of rotatable bonds is 3. The zero-order chi connectivity index (χ0) is 12.4. The summed E-state index contributed by atoms with van der Waals surface area (Å²) < 4.78 is 2.68. The molecule has 0 radical (unpaired) electrons. The van der Waals surface area contributed by atoms with Crippen LogP contribution in [-0.4, -0.2) is 15.6 Å². The van der Waals surface area contributed by atoms with E-state index < -0.39 is 0 Å². The number of carbonyl (C=O) groups excluding carboxylic acids is 1. The molecule has 1 aromatic heterocycles. The molecule has 0 unspecified atom stereocenters. The van der Waals surface area contributed by atoms with Gasteiger partial charge in [0.2, 0.25) is 0 Å². The fraction of sp³-hybridized carbons (Fsp3) is 0.231. The molecule has 4 heteroatoms. The molecular formula is C13H13BrN2O. The topological polar surface area (TPSA) is 34.9 Å². The SMILES string of the molecule is Cc1c(C(=O)Cc2ccccc2Br)cnn1C. The number of halogens is 1. The van der Waals surface area contributed by atoms with Crippen LogP contribution >= 0.6 is 15.9 Å². The van der Waals surface area contributed by atoms with Gasteiger partial charge >= 0.3 is 0 Å². The fourth-order valence-electron chi connectivity index (χ4n) is 1.68. The van der Waals surface area contributed by atoms with Gasteiger partial charge in [0.15, 0.2) is 5.78 Å². The number of carbonyl (C=O) groups is 1. The van der Waals surface area contributed by atoms with Crippen molar-refractivity contribution in [1.82, 2.24) is 9.78 Å². The van der Waals surface area contributed by atoms with E-state index in [-0.39, 0.29) is 5.78 Å². The maximum atomic E-state index is 12.1. The Balaban J connectivity index is 2.23. The van der Waals surface area contributed by atoms with Gasteiger partial charge in [0.05, 0.1) is 11.8 Å². The lowest BCUT2D eigenvalue weighted by Gasteiger charge is -2.03. The molecule has 0 fully saturated rings. The quantitative estimate of drug-likeness (QED) is 0.816. The predicted octanol–water partition coefficient (Wildman–Crippen LogP) is 2.92. The van der Waals surface area contributed by atoms with Gasteiger partial charge in [-0.2, -0.15) is 5.10 Å². The summed E-state index contributed by atoms with van der Waals surface area (Å²) in [4.78, 5) is 12.1. The van der Waals surface area contributed by atoms with Crippen LogP contribution in [0.25, 0.3) is 0 Å². The predicted molar refractivity (Wildman–Crippen MR) is 70.1 cm³/mol. The summed E-state index contributed by atoms with van der Waals surface area (Å²) in [6, 6.07) is 7.77. The maximum Gasteiger partial charge on any atom is 0.170 e. The minimum atomic E-state index is 0.0995. The minimum Gasteiger partial charge on any atom is -0.294 e. The highest BCUT2D eigenvalue weighted by Crippen LogP contribution is 2.18. The van der Waals surface area contributed by atoms with Gasteiger partial charge in [-0.05, 0) is 18.6 Å². The van der Waals surface area contributed by atoms with Crippen LogP contribution in [0, 0.1) is 6.92 Å². The van der Waals surface area contributed by atoms with Crippen molar-refractivity contribution >= 4 is 21.7 Å². The summed E-state index contributed by atoms with van der Waals surface area (Å²) >= 11 is 3.45. The van der Waals surface area contributed by atoms with E-state index in [2.05, 4.69) is 21.0 Å². The lowest BCUT2D eigenvalue weighted by molar-refractivity contribution is 0.0992. The van der Waals surface area contributed by atoms with E-state index in [1.807, 2.05) is 38.2 Å². The van der Waals surface area contributed by atoms with Crippen LogP contribution in [0.4, 0.5) is 0 Å². The molecule has 3 nitrogen and oxygen atoms in total. The smallest absolute Gasteiger partial charge is 0.170 e. The van der Waals surface area contributed by atoms with Crippen molar-refractivity contribution in [3.05, 3.63) is 51.8 Å². The van der Waals surface area contributed by atoms with E-state index in [9.17, 15) is 4.79 Å². The van der Waals surface area contributed by atoms with Crippen LogP contribution in [0.1, 0.15) is 21.6 Å². The molecule has 0 aliphatic carbocycles. The Labute approximate surface area is 109 Å². The summed E-state index contributed by atoms with van der Waals surface area (Å²) in [5.74, 6) is 0.0995. The monoisotopic (exact) mass is 292 g/mol. The molecule has 0 N–H and O–H groups in total. The van der Waals surface area contributed by atoms with E-state index >= 15 is 0 Å². The molecule has 0 amide bonds. The van der Waals surface area contributed by atoms with Crippen molar-refractivity contribution in [2.24, 2.45) is 7.05 Å². The molecule has 1 aromatic carbocycles. The summed E-state index contributed by atoms with van der Waals surface area (Å²) in [5.41, 5.74) is 2.60. The Morgan fingerprint density at radius 2 is 2.12 bits per heavy atom. The first-order chi connectivity index (χ1) is 8.09. The molecule has 1 heterocycles. The molecular weight excluding hydrogens is 280 g/mol. The van der Waals surface area contributed by atoms with Crippen LogP contribution in [0.15, 0.2) is 34.9 Å². The average Bonchev–Trinajstić information content (AvgIpc) is 2.63. The van der Waals surface area contributed by atoms with Crippen LogP contribution < -0.4 is 0 Å². The van der Waals surface area contributed by atoms with Gasteiger partial charge in [0.1, 0.15) is 0 Å². The van der Waals surface area contributed by atoms with Crippen LogP contribution in [0.2, 0.25) is 0 Å². The molecule has 0 saturated heterocycles. The molecule has 2 aromatic rings. The van der Waals surface area contributed by atoms with E-state index in [0.717, 1.165) is 15.7 Å². The Bertz CT molecular complexity index is 560. The Morgan fingerprint density at radius 1 is 1.41 bits per heavy atom. The third-order valence-electron chi connectivity index (χ3n) is 2.84. The van der Waals surface area contributed by atoms with E-state index in [1.54, 1.807) is 10.9 Å². The maximum absolute atomic E-state index is 12.1. The summed E-state index contributed by atoms with van der Waals surface area (Å²) in [5, 5.41) is 4.09. The summed E-state index contributed by atoms with van der Waals surface area (Å²) in [6.45, 7) is 1.90. The van der Waals surface area contributed by atoms with Gasteiger partial charge < -0.3 is 0 Å². The Hall–Kier alpha value is -1.42. The molecule has 88 valence electrons. The summed E-state index contributed by atoms with van der Waals surface area (Å²) in [7, 11) is 1.84. The minimum absolute atomic E-state index is 0.0995. The van der Waals surface area contributed by atoms with Crippen molar-refractivity contribution in [3.63, 3.8) is 0 Å². The standard InChI is InChI=1S/C13H13BrN2O/c1-9-11(8-15-16(9)2)13(17)7-10-5-3-4-6-12(10)14/h3-6,8H,7H2,1-2H3. The van der Waals surface area contributed by atoms with Gasteiger partial charge in [-0.3, -0.25) is 9.48 Å². The van der Waals surface area contributed by atoms with Gasteiger partial charge in [0.25, 0.3) is 0 Å². The molecule has 0 atom stereocenters. The third-order valence-corrected chi connectivity index (χ3v) is 3.62. The average molecular weight is 293 g/mol.